The third kappa shape index (κ3) is 5.62. The minimum Gasteiger partial charge on any atom is -0.550 e. The molecule has 0 saturated heterocycles. The zero-order valence-electron chi connectivity index (χ0n) is 6.74. The fraction of sp³-hybridized carbons (Fsp3) is 0.500. The van der Waals surface area contributed by atoms with Crippen LogP contribution in [0.4, 0.5) is 0 Å². The molecule has 7 heteroatoms. The van der Waals surface area contributed by atoms with Crippen molar-refractivity contribution in [1.82, 2.24) is 5.32 Å². The molecule has 0 saturated carbocycles. The molecule has 0 radical (unpaired) electrons. The highest BCUT2D eigenvalue weighted by Gasteiger charge is 2.16. The van der Waals surface area contributed by atoms with Gasteiger partial charge in [0.1, 0.15) is 0 Å². The van der Waals surface area contributed by atoms with Crippen molar-refractivity contribution in [1.29, 1.82) is 0 Å². The van der Waals surface area contributed by atoms with Crippen LogP contribution in [-0.2, 0) is 14.4 Å². The van der Waals surface area contributed by atoms with Gasteiger partial charge in [0.25, 0.3) is 5.91 Å². The molecule has 0 bridgehead atoms. The van der Waals surface area contributed by atoms with Crippen LogP contribution >= 0.6 is 0 Å². The number of quaternary nitrogens is 1. The number of carbonyl (C=O) groups excluding carboxylic acids is 3. The molecule has 0 aromatic rings. The fourth-order valence-electron chi connectivity index (χ4n) is 0.598. The second-order valence-electron chi connectivity index (χ2n) is 2.36. The summed E-state index contributed by atoms with van der Waals surface area (Å²) in [7, 11) is 0. The molecule has 0 aromatic heterocycles. The second kappa shape index (κ2) is 5.09. The molecule has 0 aliphatic heterocycles. The summed E-state index contributed by atoms with van der Waals surface area (Å²) >= 11 is 0. The van der Waals surface area contributed by atoms with Crippen molar-refractivity contribution in [2.45, 2.75) is 12.5 Å². The number of amides is 1. The van der Waals surface area contributed by atoms with Crippen molar-refractivity contribution in [3.63, 3.8) is 0 Å². The van der Waals surface area contributed by atoms with Crippen LogP contribution in [0.2, 0.25) is 0 Å². The van der Waals surface area contributed by atoms with Gasteiger partial charge < -0.3 is 30.9 Å². The minimum absolute atomic E-state index is 0.543. The van der Waals surface area contributed by atoms with Gasteiger partial charge in [0.05, 0.1) is 12.5 Å². The van der Waals surface area contributed by atoms with Crippen molar-refractivity contribution in [2.24, 2.45) is 0 Å². The first-order valence-corrected chi connectivity index (χ1v) is 3.44. The van der Waals surface area contributed by atoms with Crippen LogP contribution in [0.1, 0.15) is 6.42 Å². The number of hydrogen-bond donors (Lipinski definition) is 2. The van der Waals surface area contributed by atoms with Crippen LogP contribution in [0.15, 0.2) is 0 Å². The van der Waals surface area contributed by atoms with Crippen molar-refractivity contribution < 1.29 is 30.3 Å². The van der Waals surface area contributed by atoms with Gasteiger partial charge in [-0.3, -0.25) is 4.79 Å². The van der Waals surface area contributed by atoms with Crippen LogP contribution in [-0.4, -0.2) is 30.4 Å². The van der Waals surface area contributed by atoms with Crippen LogP contribution in [0.3, 0.4) is 0 Å². The molecule has 4 N–H and O–H groups in total. The minimum atomic E-state index is -1.45. The maximum Gasteiger partial charge on any atom is 0.278 e. The number of carbonyl (C=O) groups is 3. The molecule has 0 heterocycles. The molecule has 0 aromatic carbocycles. The quantitative estimate of drug-likeness (QED) is 0.444. The van der Waals surface area contributed by atoms with E-state index in [0.29, 0.717) is 0 Å². The standard InChI is InChI=1S/C6H10N2O5/c7-3(1-4(9)10)6(13)8-2-5(11)12/h3H,1-2,7H2,(H,8,13)(H,9,10)(H,11,12)/p-1/t3-/m1/s1. The molecule has 74 valence electrons. The van der Waals surface area contributed by atoms with Crippen LogP contribution < -0.4 is 21.3 Å². The summed E-state index contributed by atoms with van der Waals surface area (Å²) in [6.45, 7) is -0.655. The molecule has 0 aliphatic carbocycles. The molecule has 1 atom stereocenters. The van der Waals surface area contributed by atoms with Crippen molar-refractivity contribution in [3.05, 3.63) is 0 Å². The van der Waals surface area contributed by atoms with E-state index in [-0.39, 0.29) is 0 Å². The molecular weight excluding hydrogens is 180 g/mol. The Morgan fingerprint density at radius 1 is 1.23 bits per heavy atom. The molecule has 1 amide bonds. The third-order valence-electron chi connectivity index (χ3n) is 1.19. The van der Waals surface area contributed by atoms with Gasteiger partial charge in [-0.05, 0) is 0 Å². The number of rotatable bonds is 5. The fourth-order valence-corrected chi connectivity index (χ4v) is 0.598. The Bertz CT molecular complexity index is 227. The lowest BCUT2D eigenvalue weighted by Crippen LogP contribution is -2.69. The predicted molar refractivity (Wildman–Crippen MR) is 34.3 cm³/mol. The summed E-state index contributed by atoms with van der Waals surface area (Å²) in [6, 6.07) is -1.05. The highest BCUT2D eigenvalue weighted by atomic mass is 16.4. The second-order valence-corrected chi connectivity index (χ2v) is 2.36. The number of carboxylic acid groups (broad SMARTS) is 2. The Hall–Kier alpha value is -1.63. The van der Waals surface area contributed by atoms with E-state index < -0.39 is 36.9 Å². The van der Waals surface area contributed by atoms with Gasteiger partial charge in [-0.2, -0.15) is 0 Å². The summed E-state index contributed by atoms with van der Waals surface area (Å²) in [6.07, 6.45) is -0.543. The zero-order valence-corrected chi connectivity index (χ0v) is 6.74. The summed E-state index contributed by atoms with van der Waals surface area (Å²) < 4.78 is 0. The van der Waals surface area contributed by atoms with Crippen LogP contribution in [0, 0.1) is 0 Å². The average molecular weight is 189 g/mol. The molecule has 13 heavy (non-hydrogen) atoms. The molecule has 0 unspecified atom stereocenters. The molecule has 7 nitrogen and oxygen atoms in total. The SMILES string of the molecule is [NH3+][C@H](CC(=O)[O-])C(=O)NCC(=O)[O-]. The lowest BCUT2D eigenvalue weighted by molar-refractivity contribution is -0.408. The molecule has 0 rings (SSSR count). The van der Waals surface area contributed by atoms with Gasteiger partial charge in [-0.25, -0.2) is 0 Å². The Morgan fingerprint density at radius 3 is 2.15 bits per heavy atom. The van der Waals surface area contributed by atoms with Gasteiger partial charge >= 0.3 is 0 Å². The van der Waals surface area contributed by atoms with Crippen molar-refractivity contribution >= 4 is 17.8 Å². The normalized spacial score (nSPS) is 11.8. The lowest BCUT2D eigenvalue weighted by atomic mass is 10.2. The summed E-state index contributed by atoms with van der Waals surface area (Å²) in [5, 5.41) is 21.8. The van der Waals surface area contributed by atoms with E-state index in [9.17, 15) is 24.6 Å². The topological polar surface area (TPSA) is 137 Å². The maximum atomic E-state index is 10.8. The Morgan fingerprint density at radius 2 is 1.77 bits per heavy atom. The number of hydrogen-bond acceptors (Lipinski definition) is 5. The third-order valence-corrected chi connectivity index (χ3v) is 1.19. The van der Waals surface area contributed by atoms with Crippen molar-refractivity contribution in [2.75, 3.05) is 6.54 Å². The molecular formula is C6H9N2O5-. The van der Waals surface area contributed by atoms with E-state index >= 15 is 0 Å². The van der Waals surface area contributed by atoms with Crippen LogP contribution in [0.25, 0.3) is 0 Å². The molecule has 0 spiro atoms. The van der Waals surface area contributed by atoms with E-state index in [4.69, 9.17) is 0 Å². The van der Waals surface area contributed by atoms with Gasteiger partial charge in [-0.1, -0.05) is 0 Å². The van der Waals surface area contributed by atoms with E-state index in [0.717, 1.165) is 0 Å². The number of carboxylic acids is 2. The Balaban J connectivity index is 3.82. The van der Waals surface area contributed by atoms with Gasteiger partial charge in [0.2, 0.25) is 0 Å². The molecule has 0 aliphatic rings. The first kappa shape index (κ1) is 11.4. The predicted octanol–water partition coefficient (Wildman–Crippen LogP) is -5.40. The van der Waals surface area contributed by atoms with E-state index in [2.05, 4.69) is 5.73 Å². The zero-order chi connectivity index (χ0) is 10.4. The van der Waals surface area contributed by atoms with Gasteiger partial charge in [0, 0.05) is 12.4 Å². The average Bonchev–Trinajstić information content (AvgIpc) is 1.98. The first-order valence-electron chi connectivity index (χ1n) is 3.44. The van der Waals surface area contributed by atoms with Gasteiger partial charge in [-0.15, -0.1) is 0 Å². The number of nitrogens with one attached hydrogen (secondary N) is 1. The highest BCUT2D eigenvalue weighted by molar-refractivity contribution is 5.86. The van der Waals surface area contributed by atoms with E-state index in [1.165, 1.54) is 0 Å². The first-order chi connectivity index (χ1) is 5.93. The number of aliphatic carboxylic acids is 2. The highest BCUT2D eigenvalue weighted by Crippen LogP contribution is 1.82. The summed E-state index contributed by atoms with van der Waals surface area (Å²) in [5.74, 6) is -3.62. The van der Waals surface area contributed by atoms with Gasteiger partial charge in [0.15, 0.2) is 6.04 Å². The molecule has 0 fully saturated rings. The summed E-state index contributed by atoms with van der Waals surface area (Å²) in [5.41, 5.74) is 3.21. The van der Waals surface area contributed by atoms with Crippen LogP contribution in [0.5, 0.6) is 0 Å². The largest absolute Gasteiger partial charge is 0.550 e. The van der Waals surface area contributed by atoms with E-state index in [1.54, 1.807) is 0 Å². The summed E-state index contributed by atoms with van der Waals surface area (Å²) in [4.78, 5) is 30.7. The maximum absolute atomic E-state index is 10.8. The Kier molecular flexibility index (Phi) is 4.45. The van der Waals surface area contributed by atoms with Crippen molar-refractivity contribution in [3.8, 4) is 0 Å². The lowest BCUT2D eigenvalue weighted by Gasteiger charge is -2.09. The van der Waals surface area contributed by atoms with E-state index in [1.807, 2.05) is 5.32 Å². The monoisotopic (exact) mass is 189 g/mol. The smallest absolute Gasteiger partial charge is 0.278 e. The Labute approximate surface area is 73.5 Å².